The van der Waals surface area contributed by atoms with E-state index in [1.54, 1.807) is 14.0 Å². The topological polar surface area (TPSA) is 206 Å². The lowest BCUT2D eigenvalue weighted by atomic mass is 9.79. The molecule has 1 aliphatic carbocycles. The molecule has 3 aliphatic rings. The van der Waals surface area contributed by atoms with Crippen LogP contribution in [0.1, 0.15) is 138 Å². The lowest BCUT2D eigenvalue weighted by Crippen LogP contribution is -2.61. The standard InChI is InChI=1S/C50H83NO12/c1-31(18-22-39-23-20-37(7)50(60,63-39)47(56)48(57)51-26-14-13-17-40(51)49(58)59)15-11-10-12-16-32(2)27-35(5)44(54)46(62-9)45(55)36(6)29-34(4)41(52)24-19-33(3)28-38-21-25-42(53)43(30-38)61-8/h10-12,15-16,29,32-35,37-46,52-55,60H,13-14,17-28,30H2,1-9H3,(H,58,59)/p-1/b11-10+,16-12+,31-15+,36-29+/t32-,33+,34-,35?,37-,38?,39-,40?,41?,42-,43-,44+,45+,46+,50-/m1/s1. The van der Waals surface area contributed by atoms with Crippen LogP contribution in [0.15, 0.2) is 47.6 Å². The number of methoxy groups -OCH3 is 2. The van der Waals surface area contributed by atoms with Crippen molar-refractivity contribution in [2.45, 2.75) is 193 Å². The van der Waals surface area contributed by atoms with Gasteiger partial charge in [-0.2, -0.15) is 0 Å². The molecule has 360 valence electrons. The van der Waals surface area contributed by atoms with Gasteiger partial charge in [0.25, 0.3) is 11.7 Å². The summed E-state index contributed by atoms with van der Waals surface area (Å²) in [6, 6.07) is -1.20. The number of carboxylic acids is 1. The molecule has 4 unspecified atom stereocenters. The Morgan fingerprint density at radius 1 is 0.952 bits per heavy atom. The number of aliphatic carboxylic acids is 1. The summed E-state index contributed by atoms with van der Waals surface area (Å²) < 4.78 is 17.0. The zero-order valence-corrected chi connectivity index (χ0v) is 39.7. The van der Waals surface area contributed by atoms with Crippen molar-refractivity contribution in [1.82, 2.24) is 4.90 Å². The third-order valence-corrected chi connectivity index (χ3v) is 14.1. The maximum absolute atomic E-state index is 13.3. The first kappa shape index (κ1) is 54.6. The van der Waals surface area contributed by atoms with E-state index in [1.807, 2.05) is 58.1 Å². The Morgan fingerprint density at radius 2 is 1.67 bits per heavy atom. The smallest absolute Gasteiger partial charge is 0.296 e. The summed E-state index contributed by atoms with van der Waals surface area (Å²) in [5, 5.41) is 66.7. The summed E-state index contributed by atoms with van der Waals surface area (Å²) >= 11 is 0. The van der Waals surface area contributed by atoms with E-state index in [1.165, 1.54) is 7.11 Å². The Kier molecular flexibility index (Phi) is 22.9. The Labute approximate surface area is 377 Å². The summed E-state index contributed by atoms with van der Waals surface area (Å²) in [6.07, 6.45) is 16.9. The van der Waals surface area contributed by atoms with Crippen LogP contribution in [-0.2, 0) is 28.6 Å². The highest BCUT2D eigenvalue weighted by Crippen LogP contribution is 2.37. The average molecular weight is 889 g/mol. The van der Waals surface area contributed by atoms with Gasteiger partial charge in [0.15, 0.2) is 0 Å². The first-order valence-electron chi connectivity index (χ1n) is 23.7. The third-order valence-electron chi connectivity index (χ3n) is 14.1. The number of rotatable bonds is 24. The summed E-state index contributed by atoms with van der Waals surface area (Å²) in [5.41, 5.74) is 1.71. The molecule has 2 heterocycles. The molecule has 2 aliphatic heterocycles. The normalized spacial score (nSPS) is 30.4. The quantitative estimate of drug-likeness (QED) is 0.0473. The maximum atomic E-state index is 13.3. The second-order valence-electron chi connectivity index (χ2n) is 19.5. The third kappa shape index (κ3) is 16.3. The van der Waals surface area contributed by atoms with Gasteiger partial charge in [0.2, 0.25) is 5.79 Å². The molecule has 15 atom stereocenters. The van der Waals surface area contributed by atoms with Crippen molar-refractivity contribution >= 4 is 17.7 Å². The summed E-state index contributed by atoms with van der Waals surface area (Å²) in [6.45, 7) is 13.7. The molecule has 13 heteroatoms. The largest absolute Gasteiger partial charge is 0.548 e. The van der Waals surface area contributed by atoms with Gasteiger partial charge >= 0.3 is 0 Å². The van der Waals surface area contributed by atoms with Gasteiger partial charge in [-0.1, -0.05) is 76.6 Å². The van der Waals surface area contributed by atoms with E-state index in [0.717, 1.165) is 42.6 Å². The van der Waals surface area contributed by atoms with Gasteiger partial charge in [0.05, 0.1) is 42.5 Å². The number of carboxylic acid groups (broad SMARTS) is 1. The lowest BCUT2D eigenvalue weighted by Gasteiger charge is -2.42. The lowest BCUT2D eigenvalue weighted by molar-refractivity contribution is -0.312. The minimum atomic E-state index is -2.32. The van der Waals surface area contributed by atoms with Crippen molar-refractivity contribution in [2.24, 2.45) is 35.5 Å². The fraction of sp³-hybridized carbons (Fsp3) is 0.780. The number of hydrogen-bond acceptors (Lipinski definition) is 12. The van der Waals surface area contributed by atoms with E-state index in [-0.39, 0.29) is 42.9 Å². The van der Waals surface area contributed by atoms with E-state index in [4.69, 9.17) is 14.2 Å². The highest BCUT2D eigenvalue weighted by Gasteiger charge is 2.52. The van der Waals surface area contributed by atoms with Crippen LogP contribution in [0.2, 0.25) is 0 Å². The predicted molar refractivity (Wildman–Crippen MR) is 241 cm³/mol. The zero-order valence-electron chi connectivity index (χ0n) is 39.7. The highest BCUT2D eigenvalue weighted by molar-refractivity contribution is 6.39. The number of Topliss-reactive ketones (excluding diaryl/α,β-unsaturated/α-hetero) is 1. The van der Waals surface area contributed by atoms with E-state index in [2.05, 4.69) is 19.9 Å². The van der Waals surface area contributed by atoms with Crippen LogP contribution >= 0.6 is 0 Å². The summed E-state index contributed by atoms with van der Waals surface area (Å²) in [5.74, 6) is -5.82. The van der Waals surface area contributed by atoms with Crippen molar-refractivity contribution in [3.05, 3.63) is 47.6 Å². The van der Waals surface area contributed by atoms with Crippen LogP contribution < -0.4 is 5.11 Å². The number of likely N-dealkylation sites (tertiary alicyclic amines) is 1. The number of piperidine rings is 1. The van der Waals surface area contributed by atoms with Gasteiger partial charge in [0, 0.05) is 32.6 Å². The molecule has 63 heavy (non-hydrogen) atoms. The molecular weight excluding hydrogens is 807 g/mol. The molecule has 5 N–H and O–H groups in total. The van der Waals surface area contributed by atoms with E-state index < -0.39 is 65.9 Å². The van der Waals surface area contributed by atoms with E-state index in [0.29, 0.717) is 68.8 Å². The number of amides is 1. The van der Waals surface area contributed by atoms with Gasteiger partial charge in [-0.05, 0) is 133 Å². The van der Waals surface area contributed by atoms with Crippen molar-refractivity contribution in [2.75, 3.05) is 20.8 Å². The van der Waals surface area contributed by atoms with Gasteiger partial charge in [-0.15, -0.1) is 0 Å². The molecule has 13 nitrogen and oxygen atoms in total. The van der Waals surface area contributed by atoms with E-state index >= 15 is 0 Å². The van der Waals surface area contributed by atoms with Crippen molar-refractivity contribution in [3.8, 4) is 0 Å². The van der Waals surface area contributed by atoms with Crippen LogP contribution in [0.4, 0.5) is 0 Å². The van der Waals surface area contributed by atoms with Crippen molar-refractivity contribution in [3.63, 3.8) is 0 Å². The van der Waals surface area contributed by atoms with Crippen LogP contribution in [-0.4, -0.2) is 123 Å². The number of aliphatic hydroxyl groups is 5. The molecule has 0 aromatic rings. The number of nitrogens with zero attached hydrogens (tertiary/aromatic N) is 1. The molecule has 1 saturated carbocycles. The van der Waals surface area contributed by atoms with Crippen LogP contribution in [0.5, 0.6) is 0 Å². The van der Waals surface area contributed by atoms with Crippen LogP contribution in [0.25, 0.3) is 0 Å². The molecule has 1 amide bonds. The molecule has 3 rings (SSSR count). The minimum Gasteiger partial charge on any atom is -0.548 e. The van der Waals surface area contributed by atoms with E-state index in [9.17, 15) is 45.0 Å². The molecule has 3 fully saturated rings. The second-order valence-corrected chi connectivity index (χ2v) is 19.5. The number of ketones is 1. The van der Waals surface area contributed by atoms with Gasteiger partial charge in [0.1, 0.15) is 12.2 Å². The summed E-state index contributed by atoms with van der Waals surface area (Å²) in [7, 11) is 3.15. The Bertz CT molecular complexity index is 1560. The monoisotopic (exact) mass is 889 g/mol. The van der Waals surface area contributed by atoms with Crippen molar-refractivity contribution in [1.29, 1.82) is 0 Å². The molecule has 0 aromatic heterocycles. The fourth-order valence-electron chi connectivity index (χ4n) is 9.79. The molecule has 0 aromatic carbocycles. The summed E-state index contributed by atoms with van der Waals surface area (Å²) in [4.78, 5) is 39.1. The second kappa shape index (κ2) is 26.4. The van der Waals surface area contributed by atoms with Crippen LogP contribution in [0.3, 0.4) is 0 Å². The molecule has 0 spiro atoms. The number of carbonyl (C=O) groups excluding carboxylic acids is 3. The SMILES string of the molecule is CO[C@H]([C@@H](O)/C(C)=C/[C@@H](C)C(O)CC[C@H](C)CC1CC[C@@H](O)[C@H](OC)C1)[C@@H](O)C(C)C[C@H](C)/C=C/C=C/C=C(\C)CC[C@@H]1CC[C@@H](C)[C@](O)(C(=O)C(=O)N2CCCCC2C(=O)[O-])O1. The predicted octanol–water partition coefficient (Wildman–Crippen LogP) is 5.35. The molecule has 0 radical (unpaired) electrons. The molecule has 2 saturated heterocycles. The number of hydrogen-bond donors (Lipinski definition) is 5. The first-order valence-corrected chi connectivity index (χ1v) is 23.7. The fourth-order valence-corrected chi connectivity index (χ4v) is 9.79. The van der Waals surface area contributed by atoms with Gasteiger partial charge in [-0.3, -0.25) is 9.59 Å². The highest BCUT2D eigenvalue weighted by atomic mass is 16.6. The molecule has 0 bridgehead atoms. The number of carbonyl (C=O) groups is 3. The molecular formula is C50H82NO12-. The number of ether oxygens (including phenoxy) is 3. The minimum absolute atomic E-state index is 0.0993. The Hall–Kier alpha value is -2.75. The van der Waals surface area contributed by atoms with Crippen molar-refractivity contribution < 1.29 is 59.2 Å². The number of aliphatic hydroxyl groups excluding tert-OH is 4. The zero-order chi connectivity index (χ0) is 47.0. The average Bonchev–Trinajstić information content (AvgIpc) is 3.25. The van der Waals surface area contributed by atoms with Crippen LogP contribution in [0, 0.1) is 35.5 Å². The number of allylic oxidation sites excluding steroid dienone is 6. The van der Waals surface area contributed by atoms with Gasteiger partial charge < -0.3 is 54.5 Å². The van der Waals surface area contributed by atoms with Gasteiger partial charge in [-0.25, -0.2) is 0 Å². The maximum Gasteiger partial charge on any atom is 0.296 e. The first-order chi connectivity index (χ1) is 29.7. The Balaban J connectivity index is 1.43. The Morgan fingerprint density at radius 3 is 2.33 bits per heavy atom.